The van der Waals surface area contributed by atoms with E-state index in [-0.39, 0.29) is 6.61 Å². The standard InChI is InChI=1S/C21H22N2O8/c1-12(24)28-11-17-18(29-13(2)25)19(30-14(3)26)20(31-17)23-10-9-16(22-21(23)27)15-7-5-4-6-8-15/h4-10,17-20H,11H2,1-3H3/t17-,18-,19-,20-/m1/s1. The Labute approximate surface area is 177 Å². The summed E-state index contributed by atoms with van der Waals surface area (Å²) < 4.78 is 22.6. The van der Waals surface area contributed by atoms with Gasteiger partial charge < -0.3 is 18.9 Å². The zero-order valence-electron chi connectivity index (χ0n) is 17.2. The second-order valence-electron chi connectivity index (χ2n) is 6.88. The first-order chi connectivity index (χ1) is 14.8. The van der Waals surface area contributed by atoms with E-state index >= 15 is 0 Å². The molecule has 0 unspecified atom stereocenters. The Hall–Kier alpha value is -3.53. The maximum absolute atomic E-state index is 12.8. The fourth-order valence-corrected chi connectivity index (χ4v) is 3.29. The molecule has 31 heavy (non-hydrogen) atoms. The van der Waals surface area contributed by atoms with Crippen molar-refractivity contribution in [2.45, 2.75) is 45.3 Å². The molecule has 1 aromatic carbocycles. The Morgan fingerprint density at radius 2 is 1.61 bits per heavy atom. The maximum Gasteiger partial charge on any atom is 0.350 e. The number of carbonyl (C=O) groups is 3. The highest BCUT2D eigenvalue weighted by molar-refractivity contribution is 5.68. The highest BCUT2D eigenvalue weighted by Crippen LogP contribution is 2.33. The Kier molecular flexibility index (Phi) is 6.81. The average Bonchev–Trinajstić information content (AvgIpc) is 3.03. The second kappa shape index (κ2) is 9.52. The minimum absolute atomic E-state index is 0.258. The molecule has 1 aromatic heterocycles. The molecule has 0 saturated carbocycles. The van der Waals surface area contributed by atoms with Crippen LogP contribution in [0.4, 0.5) is 0 Å². The van der Waals surface area contributed by atoms with Crippen molar-refractivity contribution >= 4 is 17.9 Å². The van der Waals surface area contributed by atoms with Crippen LogP contribution >= 0.6 is 0 Å². The first kappa shape index (κ1) is 22.2. The molecule has 10 nitrogen and oxygen atoms in total. The van der Waals surface area contributed by atoms with Gasteiger partial charge in [0.05, 0.1) is 5.69 Å². The minimum atomic E-state index is -1.15. The van der Waals surface area contributed by atoms with Gasteiger partial charge in [-0.3, -0.25) is 19.0 Å². The number of aromatic nitrogens is 2. The van der Waals surface area contributed by atoms with E-state index in [9.17, 15) is 19.2 Å². The van der Waals surface area contributed by atoms with Crippen molar-refractivity contribution in [1.82, 2.24) is 9.55 Å². The van der Waals surface area contributed by atoms with Gasteiger partial charge in [0.15, 0.2) is 18.4 Å². The minimum Gasteiger partial charge on any atom is -0.463 e. The van der Waals surface area contributed by atoms with Crippen molar-refractivity contribution in [3.8, 4) is 11.3 Å². The van der Waals surface area contributed by atoms with Crippen LogP contribution in [-0.2, 0) is 33.3 Å². The summed E-state index contributed by atoms with van der Waals surface area (Å²) in [5.41, 5.74) is 0.552. The Morgan fingerprint density at radius 1 is 0.968 bits per heavy atom. The molecule has 0 radical (unpaired) electrons. The molecule has 0 N–H and O–H groups in total. The van der Waals surface area contributed by atoms with Gasteiger partial charge in [0, 0.05) is 32.5 Å². The molecule has 1 aliphatic rings. The Balaban J connectivity index is 1.96. The normalized spacial score (nSPS) is 22.5. The summed E-state index contributed by atoms with van der Waals surface area (Å²) in [6.45, 7) is 3.32. The molecule has 0 amide bonds. The number of hydrogen-bond donors (Lipinski definition) is 0. The van der Waals surface area contributed by atoms with Crippen molar-refractivity contribution in [2.75, 3.05) is 6.61 Å². The molecule has 3 rings (SSSR count). The lowest BCUT2D eigenvalue weighted by atomic mass is 10.1. The van der Waals surface area contributed by atoms with E-state index in [0.717, 1.165) is 10.1 Å². The van der Waals surface area contributed by atoms with Crippen LogP contribution < -0.4 is 5.69 Å². The summed E-state index contributed by atoms with van der Waals surface area (Å²) in [5.74, 6) is -1.88. The lowest BCUT2D eigenvalue weighted by molar-refractivity contribution is -0.166. The monoisotopic (exact) mass is 430 g/mol. The molecular formula is C21H22N2O8. The molecule has 1 fully saturated rings. The highest BCUT2D eigenvalue weighted by atomic mass is 16.7. The van der Waals surface area contributed by atoms with Gasteiger partial charge in [0.25, 0.3) is 0 Å². The lowest BCUT2D eigenvalue weighted by Gasteiger charge is -2.23. The van der Waals surface area contributed by atoms with Crippen LogP contribution in [-0.4, -0.2) is 52.4 Å². The predicted molar refractivity (Wildman–Crippen MR) is 106 cm³/mol. The van der Waals surface area contributed by atoms with Gasteiger partial charge in [-0.2, -0.15) is 4.98 Å². The Morgan fingerprint density at radius 3 is 2.19 bits per heavy atom. The zero-order chi connectivity index (χ0) is 22.5. The molecule has 2 aromatic rings. The van der Waals surface area contributed by atoms with Crippen LogP contribution in [0.25, 0.3) is 11.3 Å². The molecule has 10 heteroatoms. The number of esters is 3. The van der Waals surface area contributed by atoms with Gasteiger partial charge in [0.1, 0.15) is 12.7 Å². The topological polar surface area (TPSA) is 123 Å². The fourth-order valence-electron chi connectivity index (χ4n) is 3.29. The first-order valence-electron chi connectivity index (χ1n) is 9.54. The summed E-state index contributed by atoms with van der Waals surface area (Å²) in [4.78, 5) is 51.4. The summed E-state index contributed by atoms with van der Waals surface area (Å²) in [7, 11) is 0. The van der Waals surface area contributed by atoms with Gasteiger partial charge in [0.2, 0.25) is 0 Å². The number of carbonyl (C=O) groups excluding carboxylic acids is 3. The van der Waals surface area contributed by atoms with Gasteiger partial charge in [-0.05, 0) is 6.07 Å². The van der Waals surface area contributed by atoms with Crippen LogP contribution in [0.15, 0.2) is 47.4 Å². The summed E-state index contributed by atoms with van der Waals surface area (Å²) in [6.07, 6.45) is -2.88. The van der Waals surface area contributed by atoms with E-state index in [4.69, 9.17) is 18.9 Å². The van der Waals surface area contributed by atoms with Crippen LogP contribution in [0, 0.1) is 0 Å². The molecule has 1 aliphatic heterocycles. The number of rotatable bonds is 6. The van der Waals surface area contributed by atoms with Crippen LogP contribution in [0.5, 0.6) is 0 Å². The van der Waals surface area contributed by atoms with Gasteiger partial charge in [-0.25, -0.2) is 4.79 Å². The van der Waals surface area contributed by atoms with Gasteiger partial charge in [-0.1, -0.05) is 30.3 Å². The van der Waals surface area contributed by atoms with E-state index in [1.54, 1.807) is 6.07 Å². The number of nitrogens with zero attached hydrogens (tertiary/aromatic N) is 2. The summed E-state index contributed by atoms with van der Waals surface area (Å²) in [5, 5.41) is 0. The van der Waals surface area contributed by atoms with Crippen LogP contribution in [0.2, 0.25) is 0 Å². The van der Waals surface area contributed by atoms with Crippen molar-refractivity contribution in [2.24, 2.45) is 0 Å². The van der Waals surface area contributed by atoms with Crippen molar-refractivity contribution in [3.05, 3.63) is 53.1 Å². The van der Waals surface area contributed by atoms with E-state index in [1.807, 2.05) is 30.3 Å². The highest BCUT2D eigenvalue weighted by Gasteiger charge is 2.50. The summed E-state index contributed by atoms with van der Waals surface area (Å²) >= 11 is 0. The van der Waals surface area contributed by atoms with Crippen LogP contribution in [0.3, 0.4) is 0 Å². The number of hydrogen-bond acceptors (Lipinski definition) is 9. The average molecular weight is 430 g/mol. The largest absolute Gasteiger partial charge is 0.463 e. The first-order valence-corrected chi connectivity index (χ1v) is 9.54. The molecule has 2 heterocycles. The van der Waals surface area contributed by atoms with Crippen molar-refractivity contribution in [3.63, 3.8) is 0 Å². The summed E-state index contributed by atoms with van der Waals surface area (Å²) in [6, 6.07) is 10.7. The molecule has 0 spiro atoms. The van der Waals surface area contributed by atoms with Gasteiger partial charge in [-0.15, -0.1) is 0 Å². The number of ether oxygens (including phenoxy) is 4. The van der Waals surface area contributed by atoms with E-state index in [2.05, 4.69) is 4.98 Å². The third-order valence-corrected chi connectivity index (χ3v) is 4.51. The third-order valence-electron chi connectivity index (χ3n) is 4.51. The van der Waals surface area contributed by atoms with Crippen molar-refractivity contribution < 1.29 is 33.3 Å². The smallest absolute Gasteiger partial charge is 0.350 e. The predicted octanol–water partition coefficient (Wildman–Crippen LogP) is 1.23. The zero-order valence-corrected chi connectivity index (χ0v) is 17.2. The lowest BCUT2D eigenvalue weighted by Crippen LogP contribution is -2.41. The molecule has 1 saturated heterocycles. The molecule has 164 valence electrons. The quantitative estimate of drug-likeness (QED) is 0.492. The molecule has 0 bridgehead atoms. The Bertz CT molecular complexity index is 1020. The third kappa shape index (κ3) is 5.34. The van der Waals surface area contributed by atoms with E-state index < -0.39 is 48.1 Å². The van der Waals surface area contributed by atoms with Crippen molar-refractivity contribution in [1.29, 1.82) is 0 Å². The van der Waals surface area contributed by atoms with E-state index in [1.165, 1.54) is 27.0 Å². The molecule has 0 aliphatic carbocycles. The number of benzene rings is 1. The molecular weight excluding hydrogens is 408 g/mol. The van der Waals surface area contributed by atoms with Gasteiger partial charge >= 0.3 is 23.6 Å². The van der Waals surface area contributed by atoms with Crippen LogP contribution in [0.1, 0.15) is 27.0 Å². The van der Waals surface area contributed by atoms with E-state index in [0.29, 0.717) is 5.69 Å². The second-order valence-corrected chi connectivity index (χ2v) is 6.88. The SMILES string of the molecule is CC(=O)OC[C@H]1O[C@@H](n2ccc(-c3ccccc3)nc2=O)[C@H](OC(C)=O)[C@@H]1OC(C)=O. The molecule has 4 atom stereocenters. The fraction of sp³-hybridized carbons (Fsp3) is 0.381. The maximum atomic E-state index is 12.8.